The maximum absolute atomic E-state index is 12.6. The summed E-state index contributed by atoms with van der Waals surface area (Å²) in [6.07, 6.45) is 2.17. The van der Waals surface area contributed by atoms with Crippen LogP contribution < -0.4 is 10.2 Å². The molecule has 1 aromatic heterocycles. The molecule has 0 bridgehead atoms. The van der Waals surface area contributed by atoms with Crippen molar-refractivity contribution >= 4 is 27.9 Å². The third-order valence-corrected chi connectivity index (χ3v) is 5.66. The van der Waals surface area contributed by atoms with Gasteiger partial charge in [0.1, 0.15) is 0 Å². The fraction of sp³-hybridized carbons (Fsp3) is 0.333. The van der Waals surface area contributed by atoms with Crippen LogP contribution in [0, 0.1) is 11.5 Å². The molecule has 2 aliphatic rings. The molecular formula is C18H18N4O2S. The SMILES string of the molecule is N#CN1Cc2cccc(NC(=O)c3ccc(N4CCOCC4)s3)c2C1. The molecule has 0 atom stereocenters. The number of nitriles is 1. The van der Waals surface area contributed by atoms with Crippen LogP contribution in [0.4, 0.5) is 10.7 Å². The summed E-state index contributed by atoms with van der Waals surface area (Å²) < 4.78 is 5.37. The molecule has 2 aromatic rings. The van der Waals surface area contributed by atoms with Crippen LogP contribution in [0.5, 0.6) is 0 Å². The molecule has 1 saturated heterocycles. The van der Waals surface area contributed by atoms with E-state index in [2.05, 4.69) is 16.4 Å². The van der Waals surface area contributed by atoms with Crippen molar-refractivity contribution in [3.63, 3.8) is 0 Å². The molecule has 4 rings (SSSR count). The van der Waals surface area contributed by atoms with Crippen molar-refractivity contribution in [2.75, 3.05) is 36.5 Å². The van der Waals surface area contributed by atoms with E-state index >= 15 is 0 Å². The van der Waals surface area contributed by atoms with E-state index in [-0.39, 0.29) is 5.91 Å². The van der Waals surface area contributed by atoms with Crippen molar-refractivity contribution in [3.05, 3.63) is 46.3 Å². The smallest absolute Gasteiger partial charge is 0.265 e. The topological polar surface area (TPSA) is 68.6 Å². The molecule has 0 spiro atoms. The molecule has 1 fully saturated rings. The minimum atomic E-state index is -0.103. The zero-order chi connectivity index (χ0) is 17.2. The third-order valence-electron chi connectivity index (χ3n) is 4.51. The van der Waals surface area contributed by atoms with Crippen LogP contribution in [0.15, 0.2) is 30.3 Å². The highest BCUT2D eigenvalue weighted by Crippen LogP contribution is 2.31. The van der Waals surface area contributed by atoms with Gasteiger partial charge in [0.05, 0.1) is 36.2 Å². The van der Waals surface area contributed by atoms with Crippen LogP contribution in [-0.2, 0) is 17.8 Å². The van der Waals surface area contributed by atoms with Crippen molar-refractivity contribution in [2.45, 2.75) is 13.1 Å². The fourth-order valence-electron chi connectivity index (χ4n) is 3.20. The summed E-state index contributed by atoms with van der Waals surface area (Å²) in [5.74, 6) is -0.103. The first kappa shape index (κ1) is 15.9. The summed E-state index contributed by atoms with van der Waals surface area (Å²) in [5.41, 5.74) is 2.92. The lowest BCUT2D eigenvalue weighted by atomic mass is 10.1. The van der Waals surface area contributed by atoms with E-state index in [1.165, 1.54) is 11.3 Å². The third kappa shape index (κ3) is 3.18. The number of carbonyl (C=O) groups is 1. The van der Waals surface area contributed by atoms with Crippen LogP contribution in [0.25, 0.3) is 0 Å². The second kappa shape index (κ2) is 6.75. The second-order valence-electron chi connectivity index (χ2n) is 6.09. The number of fused-ring (bicyclic) bond motifs is 1. The van der Waals surface area contributed by atoms with Crippen LogP contribution in [0.2, 0.25) is 0 Å². The van der Waals surface area contributed by atoms with E-state index in [0.29, 0.717) is 18.0 Å². The number of thiophene rings is 1. The molecule has 0 unspecified atom stereocenters. The van der Waals surface area contributed by atoms with E-state index < -0.39 is 0 Å². The van der Waals surface area contributed by atoms with Gasteiger partial charge < -0.3 is 19.9 Å². The second-order valence-corrected chi connectivity index (χ2v) is 7.15. The molecule has 7 heteroatoms. The molecule has 128 valence electrons. The Morgan fingerprint density at radius 1 is 1.20 bits per heavy atom. The highest BCUT2D eigenvalue weighted by atomic mass is 32.1. The average Bonchev–Trinajstić information content (AvgIpc) is 3.30. The van der Waals surface area contributed by atoms with E-state index in [0.717, 1.165) is 48.1 Å². The normalized spacial score (nSPS) is 16.4. The predicted molar refractivity (Wildman–Crippen MR) is 96.6 cm³/mol. The number of hydrogen-bond acceptors (Lipinski definition) is 6. The maximum Gasteiger partial charge on any atom is 0.265 e. The first-order valence-corrected chi connectivity index (χ1v) is 9.05. The Labute approximate surface area is 150 Å². The molecule has 1 N–H and O–H groups in total. The van der Waals surface area contributed by atoms with Gasteiger partial charge in [-0.1, -0.05) is 12.1 Å². The van der Waals surface area contributed by atoms with Gasteiger partial charge in [-0.2, -0.15) is 5.26 Å². The molecule has 1 amide bonds. The zero-order valence-corrected chi connectivity index (χ0v) is 14.5. The Bertz CT molecular complexity index is 836. The molecule has 6 nitrogen and oxygen atoms in total. The molecule has 2 aliphatic heterocycles. The van der Waals surface area contributed by atoms with E-state index in [1.54, 1.807) is 4.90 Å². The predicted octanol–water partition coefficient (Wildman–Crippen LogP) is 2.63. The summed E-state index contributed by atoms with van der Waals surface area (Å²) in [5, 5.41) is 13.2. The number of nitrogens with zero attached hydrogens (tertiary/aromatic N) is 3. The summed E-state index contributed by atoms with van der Waals surface area (Å²) in [4.78, 5) is 17.3. The monoisotopic (exact) mass is 354 g/mol. The lowest BCUT2D eigenvalue weighted by Crippen LogP contribution is -2.35. The Hall–Kier alpha value is -2.56. The fourth-order valence-corrected chi connectivity index (χ4v) is 4.15. The van der Waals surface area contributed by atoms with E-state index in [4.69, 9.17) is 10.00 Å². The number of carbonyl (C=O) groups excluding carboxylic acids is 1. The van der Waals surface area contributed by atoms with Gasteiger partial charge in [-0.25, -0.2) is 0 Å². The van der Waals surface area contributed by atoms with Gasteiger partial charge in [0.15, 0.2) is 6.19 Å². The minimum Gasteiger partial charge on any atom is -0.378 e. The highest BCUT2D eigenvalue weighted by molar-refractivity contribution is 7.18. The Morgan fingerprint density at radius 3 is 2.84 bits per heavy atom. The van der Waals surface area contributed by atoms with Crippen LogP contribution in [0.3, 0.4) is 0 Å². The van der Waals surface area contributed by atoms with Crippen LogP contribution in [0.1, 0.15) is 20.8 Å². The van der Waals surface area contributed by atoms with Gasteiger partial charge in [0.2, 0.25) is 0 Å². The Balaban J connectivity index is 1.49. The van der Waals surface area contributed by atoms with Gasteiger partial charge in [0.25, 0.3) is 5.91 Å². The number of nitrogens with one attached hydrogen (secondary N) is 1. The highest BCUT2D eigenvalue weighted by Gasteiger charge is 2.22. The van der Waals surface area contributed by atoms with Crippen molar-refractivity contribution in [1.82, 2.24) is 4.90 Å². The number of benzene rings is 1. The van der Waals surface area contributed by atoms with Gasteiger partial charge in [-0.15, -0.1) is 11.3 Å². The average molecular weight is 354 g/mol. The molecular weight excluding hydrogens is 336 g/mol. The van der Waals surface area contributed by atoms with Gasteiger partial charge in [-0.05, 0) is 23.8 Å². The van der Waals surface area contributed by atoms with Gasteiger partial charge in [-0.3, -0.25) is 4.79 Å². The molecule has 0 radical (unpaired) electrons. The quantitative estimate of drug-likeness (QED) is 0.858. The van der Waals surface area contributed by atoms with Crippen LogP contribution >= 0.6 is 11.3 Å². The first-order chi connectivity index (χ1) is 12.2. The van der Waals surface area contributed by atoms with Crippen molar-refractivity contribution in [2.24, 2.45) is 0 Å². The lowest BCUT2D eigenvalue weighted by molar-refractivity contribution is 0.103. The van der Waals surface area contributed by atoms with Crippen LogP contribution in [-0.4, -0.2) is 37.1 Å². The standard InChI is InChI=1S/C18H18N4O2S/c19-12-21-10-13-2-1-3-15(14(13)11-21)20-18(23)16-4-5-17(25-16)22-6-8-24-9-7-22/h1-5H,6-11H2,(H,20,23). The summed E-state index contributed by atoms with van der Waals surface area (Å²) in [6.45, 7) is 4.33. The summed E-state index contributed by atoms with van der Waals surface area (Å²) >= 11 is 1.50. The number of ether oxygens (including phenoxy) is 1. The maximum atomic E-state index is 12.6. The summed E-state index contributed by atoms with van der Waals surface area (Å²) in [6, 6.07) is 9.69. The molecule has 0 saturated carbocycles. The van der Waals surface area contributed by atoms with Crippen molar-refractivity contribution in [3.8, 4) is 6.19 Å². The molecule has 1 aromatic carbocycles. The number of rotatable bonds is 3. The minimum absolute atomic E-state index is 0.103. The molecule has 0 aliphatic carbocycles. The summed E-state index contributed by atoms with van der Waals surface area (Å²) in [7, 11) is 0. The molecule has 3 heterocycles. The van der Waals surface area contributed by atoms with Gasteiger partial charge in [0, 0.05) is 24.3 Å². The Morgan fingerprint density at radius 2 is 2.04 bits per heavy atom. The van der Waals surface area contributed by atoms with E-state index in [1.807, 2.05) is 30.3 Å². The largest absolute Gasteiger partial charge is 0.378 e. The number of anilines is 2. The van der Waals surface area contributed by atoms with E-state index in [9.17, 15) is 4.79 Å². The number of morpholine rings is 1. The zero-order valence-electron chi connectivity index (χ0n) is 13.7. The number of amides is 1. The Kier molecular flexibility index (Phi) is 4.30. The van der Waals surface area contributed by atoms with Crippen molar-refractivity contribution < 1.29 is 9.53 Å². The van der Waals surface area contributed by atoms with Gasteiger partial charge >= 0.3 is 0 Å². The van der Waals surface area contributed by atoms with Crippen molar-refractivity contribution in [1.29, 1.82) is 5.26 Å². The molecule has 25 heavy (non-hydrogen) atoms. The first-order valence-electron chi connectivity index (χ1n) is 8.24. The lowest BCUT2D eigenvalue weighted by Gasteiger charge is -2.27. The number of hydrogen-bond donors (Lipinski definition) is 1.